The molecule has 0 atom stereocenters. The Bertz CT molecular complexity index is 669. The van der Waals surface area contributed by atoms with Gasteiger partial charge in [-0.05, 0) is 24.6 Å². The average Bonchev–Trinajstić information content (AvgIpc) is 2.56. The minimum Gasteiger partial charge on any atom is -0.291 e. The number of carbonyl (C=O) groups excluding carboxylic acids is 1. The summed E-state index contributed by atoms with van der Waals surface area (Å²) in [5.74, 6) is 0.224. The standard InChI is InChI=1S/C19H17NO/c1-15-7-9-18(10-8-15)19(21)20-13-11-17(12-14-20)16-5-3-2-4-6-16/h2-14,17H,1H3. The van der Waals surface area contributed by atoms with Crippen LogP contribution in [0.15, 0.2) is 79.1 Å². The van der Waals surface area contributed by atoms with E-state index in [-0.39, 0.29) is 11.8 Å². The van der Waals surface area contributed by atoms with E-state index >= 15 is 0 Å². The molecule has 0 saturated heterocycles. The smallest absolute Gasteiger partial charge is 0.261 e. The highest BCUT2D eigenvalue weighted by Crippen LogP contribution is 2.23. The number of carbonyl (C=O) groups is 1. The number of amides is 1. The first-order valence-electron chi connectivity index (χ1n) is 7.05. The van der Waals surface area contributed by atoms with Crippen LogP contribution in [0.3, 0.4) is 0 Å². The summed E-state index contributed by atoms with van der Waals surface area (Å²) in [6.45, 7) is 2.01. The lowest BCUT2D eigenvalue weighted by Gasteiger charge is -2.20. The normalized spacial score (nSPS) is 14.4. The molecule has 0 spiro atoms. The molecule has 0 fully saturated rings. The third-order valence-corrected chi connectivity index (χ3v) is 3.63. The highest BCUT2D eigenvalue weighted by Gasteiger charge is 2.15. The zero-order valence-electron chi connectivity index (χ0n) is 11.9. The van der Waals surface area contributed by atoms with Crippen molar-refractivity contribution in [1.29, 1.82) is 0 Å². The van der Waals surface area contributed by atoms with Gasteiger partial charge in [0.1, 0.15) is 0 Å². The molecule has 0 aromatic heterocycles. The number of hydrogen-bond donors (Lipinski definition) is 0. The van der Waals surface area contributed by atoms with E-state index in [2.05, 4.69) is 12.1 Å². The summed E-state index contributed by atoms with van der Waals surface area (Å²) >= 11 is 0. The van der Waals surface area contributed by atoms with Gasteiger partial charge in [0, 0.05) is 23.9 Å². The Labute approximate surface area is 125 Å². The SMILES string of the molecule is Cc1ccc(C(=O)N2C=CC(c3ccccc3)C=C2)cc1. The van der Waals surface area contributed by atoms with E-state index in [1.807, 2.05) is 73.9 Å². The number of rotatable bonds is 2. The largest absolute Gasteiger partial charge is 0.291 e. The number of aryl methyl sites for hydroxylation is 1. The number of allylic oxidation sites excluding steroid dienone is 2. The molecule has 1 aliphatic rings. The summed E-state index contributed by atoms with van der Waals surface area (Å²) in [7, 11) is 0. The van der Waals surface area contributed by atoms with Gasteiger partial charge in [0.05, 0.1) is 0 Å². The Kier molecular flexibility index (Phi) is 3.69. The lowest BCUT2D eigenvalue weighted by molar-refractivity contribution is 0.0867. The first-order valence-corrected chi connectivity index (χ1v) is 7.05. The molecule has 2 aromatic rings. The Hall–Kier alpha value is -2.61. The molecule has 2 nitrogen and oxygen atoms in total. The topological polar surface area (TPSA) is 20.3 Å². The summed E-state index contributed by atoms with van der Waals surface area (Å²) in [5.41, 5.74) is 3.08. The van der Waals surface area contributed by atoms with Gasteiger partial charge in [0.15, 0.2) is 0 Å². The van der Waals surface area contributed by atoms with Crippen molar-refractivity contribution in [3.63, 3.8) is 0 Å². The zero-order valence-corrected chi connectivity index (χ0v) is 11.9. The first kappa shape index (κ1) is 13.4. The van der Waals surface area contributed by atoms with Crippen LogP contribution in [0.4, 0.5) is 0 Å². The lowest BCUT2D eigenvalue weighted by atomic mass is 9.97. The molecule has 0 bridgehead atoms. The molecular weight excluding hydrogens is 258 g/mol. The Morgan fingerprint density at radius 3 is 2.14 bits per heavy atom. The maximum absolute atomic E-state index is 12.4. The van der Waals surface area contributed by atoms with Crippen LogP contribution in [-0.4, -0.2) is 10.8 Å². The first-order chi connectivity index (χ1) is 10.2. The monoisotopic (exact) mass is 275 g/mol. The summed E-state index contributed by atoms with van der Waals surface area (Å²) in [6, 6.07) is 17.9. The molecule has 1 heterocycles. The molecule has 0 saturated carbocycles. The van der Waals surface area contributed by atoms with E-state index in [9.17, 15) is 4.79 Å². The Balaban J connectivity index is 1.74. The van der Waals surface area contributed by atoms with Crippen molar-refractivity contribution >= 4 is 5.91 Å². The van der Waals surface area contributed by atoms with Crippen LogP contribution in [-0.2, 0) is 0 Å². The van der Waals surface area contributed by atoms with Crippen molar-refractivity contribution in [3.8, 4) is 0 Å². The van der Waals surface area contributed by atoms with Gasteiger partial charge in [0.2, 0.25) is 0 Å². The molecule has 21 heavy (non-hydrogen) atoms. The van der Waals surface area contributed by atoms with Crippen molar-refractivity contribution in [1.82, 2.24) is 4.90 Å². The highest BCUT2D eigenvalue weighted by atomic mass is 16.2. The predicted octanol–water partition coefficient (Wildman–Crippen LogP) is 4.26. The third-order valence-electron chi connectivity index (χ3n) is 3.63. The molecule has 0 N–H and O–H groups in total. The van der Waals surface area contributed by atoms with Gasteiger partial charge in [-0.3, -0.25) is 9.69 Å². The number of nitrogens with zero attached hydrogens (tertiary/aromatic N) is 1. The fourth-order valence-electron chi connectivity index (χ4n) is 2.36. The maximum atomic E-state index is 12.4. The van der Waals surface area contributed by atoms with Gasteiger partial charge in [-0.1, -0.05) is 60.2 Å². The maximum Gasteiger partial charge on any atom is 0.261 e. The van der Waals surface area contributed by atoms with E-state index in [4.69, 9.17) is 0 Å². The second kappa shape index (κ2) is 5.80. The van der Waals surface area contributed by atoms with Crippen molar-refractivity contribution in [3.05, 3.63) is 95.8 Å². The predicted molar refractivity (Wildman–Crippen MR) is 84.8 cm³/mol. The van der Waals surface area contributed by atoms with Crippen molar-refractivity contribution < 1.29 is 4.79 Å². The molecule has 0 aliphatic carbocycles. The summed E-state index contributed by atoms with van der Waals surface area (Å²) in [6.07, 6.45) is 7.78. The van der Waals surface area contributed by atoms with Crippen LogP contribution in [0.5, 0.6) is 0 Å². The van der Waals surface area contributed by atoms with E-state index < -0.39 is 0 Å². The second-order valence-electron chi connectivity index (χ2n) is 5.20. The van der Waals surface area contributed by atoms with Gasteiger partial charge in [0.25, 0.3) is 5.91 Å². The summed E-state index contributed by atoms with van der Waals surface area (Å²) in [4.78, 5) is 14.0. The molecule has 2 aromatic carbocycles. The fourth-order valence-corrected chi connectivity index (χ4v) is 2.36. The van der Waals surface area contributed by atoms with Crippen LogP contribution in [0.25, 0.3) is 0 Å². The summed E-state index contributed by atoms with van der Waals surface area (Å²) in [5, 5.41) is 0. The van der Waals surface area contributed by atoms with Crippen molar-refractivity contribution in [2.75, 3.05) is 0 Å². The van der Waals surface area contributed by atoms with Gasteiger partial charge in [-0.2, -0.15) is 0 Å². The molecular formula is C19H17NO. The number of benzene rings is 2. The zero-order chi connectivity index (χ0) is 14.7. The molecule has 104 valence electrons. The fraction of sp³-hybridized carbons (Fsp3) is 0.105. The van der Waals surface area contributed by atoms with Gasteiger partial charge in [-0.15, -0.1) is 0 Å². The minimum absolute atomic E-state index is 0.00554. The van der Waals surface area contributed by atoms with Crippen molar-refractivity contribution in [2.45, 2.75) is 12.8 Å². The van der Waals surface area contributed by atoms with Gasteiger partial charge >= 0.3 is 0 Å². The van der Waals surface area contributed by atoms with Crippen LogP contribution < -0.4 is 0 Å². The molecule has 3 rings (SSSR count). The van der Waals surface area contributed by atoms with Crippen LogP contribution in [0.2, 0.25) is 0 Å². The van der Waals surface area contributed by atoms with Gasteiger partial charge in [-0.25, -0.2) is 0 Å². The van der Waals surface area contributed by atoms with E-state index in [1.54, 1.807) is 4.90 Å². The van der Waals surface area contributed by atoms with Gasteiger partial charge < -0.3 is 0 Å². The second-order valence-corrected chi connectivity index (χ2v) is 5.20. The quantitative estimate of drug-likeness (QED) is 0.802. The lowest BCUT2D eigenvalue weighted by Crippen LogP contribution is -2.22. The van der Waals surface area contributed by atoms with Crippen LogP contribution >= 0.6 is 0 Å². The van der Waals surface area contributed by atoms with E-state index in [0.29, 0.717) is 5.56 Å². The highest BCUT2D eigenvalue weighted by molar-refractivity contribution is 5.95. The minimum atomic E-state index is -0.00554. The summed E-state index contributed by atoms with van der Waals surface area (Å²) < 4.78 is 0. The third kappa shape index (κ3) is 2.95. The van der Waals surface area contributed by atoms with Crippen molar-refractivity contribution in [2.24, 2.45) is 0 Å². The van der Waals surface area contributed by atoms with E-state index in [0.717, 1.165) is 5.56 Å². The molecule has 1 aliphatic heterocycles. The molecule has 0 radical (unpaired) electrons. The molecule has 0 unspecified atom stereocenters. The Morgan fingerprint density at radius 1 is 0.905 bits per heavy atom. The van der Waals surface area contributed by atoms with Crippen LogP contribution in [0, 0.1) is 6.92 Å². The molecule has 2 heteroatoms. The van der Waals surface area contributed by atoms with Crippen LogP contribution in [0.1, 0.15) is 27.4 Å². The molecule has 1 amide bonds. The Morgan fingerprint density at radius 2 is 1.52 bits per heavy atom. The number of hydrogen-bond acceptors (Lipinski definition) is 1. The van der Waals surface area contributed by atoms with E-state index in [1.165, 1.54) is 5.56 Å². The average molecular weight is 275 g/mol.